The maximum absolute atomic E-state index is 12.0. The van der Waals surface area contributed by atoms with E-state index in [9.17, 15) is 9.59 Å². The molecule has 0 saturated carbocycles. The van der Waals surface area contributed by atoms with Gasteiger partial charge in [0.05, 0.1) is 7.11 Å². The average Bonchev–Trinajstić information content (AvgIpc) is 3.11. The smallest absolute Gasteiger partial charge is 0.258 e. The molecule has 2 amide bonds. The average molecular weight is 355 g/mol. The van der Waals surface area contributed by atoms with Gasteiger partial charge in [0.25, 0.3) is 5.91 Å². The van der Waals surface area contributed by atoms with Crippen molar-refractivity contribution < 1.29 is 19.1 Å². The fourth-order valence-corrected chi connectivity index (χ4v) is 2.73. The summed E-state index contributed by atoms with van der Waals surface area (Å²) < 4.78 is 10.6. The molecule has 0 radical (unpaired) electrons. The second-order valence-electron chi connectivity index (χ2n) is 5.92. The number of hydrogen-bond acceptors (Lipinski definition) is 5. The summed E-state index contributed by atoms with van der Waals surface area (Å²) in [7, 11) is 1.54. The predicted molar refractivity (Wildman–Crippen MR) is 96.2 cm³/mol. The Hall–Kier alpha value is -3.09. The van der Waals surface area contributed by atoms with Crippen LogP contribution in [0.2, 0.25) is 0 Å². The van der Waals surface area contributed by atoms with Crippen LogP contribution in [0, 0.1) is 0 Å². The number of hydrogen-bond donors (Lipinski definition) is 1. The van der Waals surface area contributed by atoms with E-state index in [4.69, 9.17) is 9.47 Å². The molecule has 1 aliphatic rings. The van der Waals surface area contributed by atoms with Gasteiger partial charge in [0, 0.05) is 43.5 Å². The lowest BCUT2D eigenvalue weighted by atomic mass is 10.2. The molecule has 0 unspecified atom stereocenters. The molecule has 7 nitrogen and oxygen atoms in total. The van der Waals surface area contributed by atoms with Gasteiger partial charge < -0.3 is 19.7 Å². The Morgan fingerprint density at radius 3 is 2.96 bits per heavy atom. The fourth-order valence-electron chi connectivity index (χ4n) is 2.73. The Morgan fingerprint density at radius 2 is 2.19 bits per heavy atom. The highest BCUT2D eigenvalue weighted by molar-refractivity contribution is 5.95. The van der Waals surface area contributed by atoms with Crippen LogP contribution in [-0.2, 0) is 16.1 Å². The molecular weight excluding hydrogens is 334 g/mol. The number of nitrogens with zero attached hydrogens (tertiary/aromatic N) is 2. The summed E-state index contributed by atoms with van der Waals surface area (Å²) in [6.45, 7) is 0.987. The SMILES string of the molecule is COc1cc(CNC(=O)COc2cccc(N3CCCC3=O)c2)ccn1. The largest absolute Gasteiger partial charge is 0.484 e. The van der Waals surface area contributed by atoms with Gasteiger partial charge in [-0.15, -0.1) is 0 Å². The first-order valence-corrected chi connectivity index (χ1v) is 8.44. The van der Waals surface area contributed by atoms with E-state index in [0.717, 1.165) is 24.2 Å². The van der Waals surface area contributed by atoms with E-state index in [1.165, 1.54) is 0 Å². The van der Waals surface area contributed by atoms with Gasteiger partial charge >= 0.3 is 0 Å². The maximum Gasteiger partial charge on any atom is 0.258 e. The van der Waals surface area contributed by atoms with Crippen molar-refractivity contribution in [2.45, 2.75) is 19.4 Å². The number of pyridine rings is 1. The molecule has 1 aromatic heterocycles. The van der Waals surface area contributed by atoms with Crippen LogP contribution in [0.25, 0.3) is 0 Å². The molecule has 26 heavy (non-hydrogen) atoms. The molecular formula is C19H21N3O4. The Balaban J connectivity index is 1.50. The molecule has 2 heterocycles. The van der Waals surface area contributed by atoms with Crippen molar-refractivity contribution in [1.29, 1.82) is 0 Å². The molecule has 0 atom stereocenters. The summed E-state index contributed by atoms with van der Waals surface area (Å²) >= 11 is 0. The molecule has 0 spiro atoms. The summed E-state index contributed by atoms with van der Waals surface area (Å²) in [5.74, 6) is 0.945. The van der Waals surface area contributed by atoms with Gasteiger partial charge in [-0.05, 0) is 30.2 Å². The first-order chi connectivity index (χ1) is 12.7. The van der Waals surface area contributed by atoms with Crippen molar-refractivity contribution in [3.05, 3.63) is 48.2 Å². The van der Waals surface area contributed by atoms with Crippen molar-refractivity contribution in [2.24, 2.45) is 0 Å². The van der Waals surface area contributed by atoms with E-state index < -0.39 is 0 Å². The third-order valence-corrected chi connectivity index (χ3v) is 4.07. The third-order valence-electron chi connectivity index (χ3n) is 4.07. The van der Waals surface area contributed by atoms with E-state index in [1.54, 1.807) is 42.5 Å². The van der Waals surface area contributed by atoms with Crippen LogP contribution >= 0.6 is 0 Å². The van der Waals surface area contributed by atoms with Gasteiger partial charge in [-0.25, -0.2) is 4.98 Å². The molecule has 1 aliphatic heterocycles. The van der Waals surface area contributed by atoms with E-state index in [-0.39, 0.29) is 18.4 Å². The van der Waals surface area contributed by atoms with Crippen molar-refractivity contribution >= 4 is 17.5 Å². The normalized spacial score (nSPS) is 13.6. The lowest BCUT2D eigenvalue weighted by Crippen LogP contribution is -2.28. The van der Waals surface area contributed by atoms with Gasteiger partial charge in [0.15, 0.2) is 6.61 Å². The van der Waals surface area contributed by atoms with Crippen LogP contribution in [0.3, 0.4) is 0 Å². The quantitative estimate of drug-likeness (QED) is 0.821. The van der Waals surface area contributed by atoms with Crippen molar-refractivity contribution in [3.8, 4) is 11.6 Å². The zero-order valence-electron chi connectivity index (χ0n) is 14.6. The number of amides is 2. The highest BCUT2D eigenvalue weighted by Gasteiger charge is 2.21. The second-order valence-corrected chi connectivity index (χ2v) is 5.92. The predicted octanol–water partition coefficient (Wildman–Crippen LogP) is 1.91. The Kier molecular flexibility index (Phi) is 5.68. The summed E-state index contributed by atoms with van der Waals surface area (Å²) in [6, 6.07) is 10.8. The monoisotopic (exact) mass is 355 g/mol. The van der Waals surface area contributed by atoms with Gasteiger partial charge in [-0.1, -0.05) is 6.07 Å². The second kappa shape index (κ2) is 8.33. The molecule has 7 heteroatoms. The van der Waals surface area contributed by atoms with Gasteiger partial charge in [-0.3, -0.25) is 9.59 Å². The molecule has 136 valence electrons. The van der Waals surface area contributed by atoms with Crippen molar-refractivity contribution in [1.82, 2.24) is 10.3 Å². The van der Waals surface area contributed by atoms with E-state index in [1.807, 2.05) is 12.1 Å². The topological polar surface area (TPSA) is 80.8 Å². The van der Waals surface area contributed by atoms with Gasteiger partial charge in [0.1, 0.15) is 5.75 Å². The Labute approximate surface area is 151 Å². The number of anilines is 1. The molecule has 1 fully saturated rings. The number of carbonyl (C=O) groups is 2. The van der Waals surface area contributed by atoms with Crippen molar-refractivity contribution in [3.63, 3.8) is 0 Å². The molecule has 1 saturated heterocycles. The molecule has 0 bridgehead atoms. The Morgan fingerprint density at radius 1 is 1.31 bits per heavy atom. The van der Waals surface area contributed by atoms with Gasteiger partial charge in [0.2, 0.25) is 11.8 Å². The third kappa shape index (κ3) is 4.50. The number of nitrogens with one attached hydrogen (secondary N) is 1. The maximum atomic E-state index is 12.0. The molecule has 3 rings (SSSR count). The summed E-state index contributed by atoms with van der Waals surface area (Å²) in [4.78, 5) is 29.6. The summed E-state index contributed by atoms with van der Waals surface area (Å²) in [6.07, 6.45) is 3.07. The summed E-state index contributed by atoms with van der Waals surface area (Å²) in [5, 5.41) is 2.79. The first-order valence-electron chi connectivity index (χ1n) is 8.44. The Bertz CT molecular complexity index is 794. The van der Waals surface area contributed by atoms with E-state index >= 15 is 0 Å². The minimum absolute atomic E-state index is 0.0976. The van der Waals surface area contributed by atoms with E-state index in [2.05, 4.69) is 10.3 Å². The molecule has 2 aromatic rings. The standard InChI is InChI=1S/C19H21N3O4/c1-25-18-10-14(7-8-20-18)12-21-17(23)13-26-16-5-2-4-15(11-16)22-9-3-6-19(22)24/h2,4-5,7-8,10-11H,3,6,9,12-13H2,1H3,(H,21,23). The number of ether oxygens (including phenoxy) is 2. The highest BCUT2D eigenvalue weighted by atomic mass is 16.5. The van der Waals surface area contributed by atoms with Crippen LogP contribution in [0.1, 0.15) is 18.4 Å². The zero-order valence-corrected chi connectivity index (χ0v) is 14.6. The fraction of sp³-hybridized carbons (Fsp3) is 0.316. The number of methoxy groups -OCH3 is 1. The van der Waals surface area contributed by atoms with Crippen LogP contribution in [0.15, 0.2) is 42.6 Å². The summed E-state index contributed by atoms with van der Waals surface area (Å²) in [5.41, 5.74) is 1.69. The van der Waals surface area contributed by atoms with E-state index in [0.29, 0.717) is 24.6 Å². The first kappa shape index (κ1) is 17.7. The lowest BCUT2D eigenvalue weighted by molar-refractivity contribution is -0.123. The van der Waals surface area contributed by atoms with Crippen LogP contribution in [0.5, 0.6) is 11.6 Å². The lowest BCUT2D eigenvalue weighted by Gasteiger charge is -2.16. The number of rotatable bonds is 7. The zero-order chi connectivity index (χ0) is 18.4. The van der Waals surface area contributed by atoms with Crippen LogP contribution in [-0.4, -0.2) is 37.1 Å². The molecule has 1 aromatic carbocycles. The number of benzene rings is 1. The van der Waals surface area contributed by atoms with Crippen molar-refractivity contribution in [2.75, 3.05) is 25.2 Å². The highest BCUT2D eigenvalue weighted by Crippen LogP contribution is 2.25. The number of carbonyl (C=O) groups excluding carboxylic acids is 2. The molecule has 0 aliphatic carbocycles. The van der Waals surface area contributed by atoms with Crippen LogP contribution in [0.4, 0.5) is 5.69 Å². The number of aromatic nitrogens is 1. The van der Waals surface area contributed by atoms with Crippen LogP contribution < -0.4 is 19.7 Å². The minimum Gasteiger partial charge on any atom is -0.484 e. The molecule has 1 N–H and O–H groups in total. The van der Waals surface area contributed by atoms with Gasteiger partial charge in [-0.2, -0.15) is 0 Å². The minimum atomic E-state index is -0.233.